The van der Waals surface area contributed by atoms with Crippen molar-refractivity contribution in [3.8, 4) is 0 Å². The van der Waals surface area contributed by atoms with Gasteiger partial charge in [0.1, 0.15) is 0 Å². The minimum atomic E-state index is -3.31. The van der Waals surface area contributed by atoms with Gasteiger partial charge in [-0.25, -0.2) is 0 Å². The molecule has 31 heteroatoms. The molecule has 2 unspecified atom stereocenters. The van der Waals surface area contributed by atoms with Gasteiger partial charge in [0.05, 0.1) is 0 Å². The van der Waals surface area contributed by atoms with Crippen LogP contribution in [0, 0.1) is 0 Å². The predicted molar refractivity (Wildman–Crippen MR) is 396 cm³/mol. The van der Waals surface area contributed by atoms with E-state index in [0.29, 0.717) is 0 Å². The molecule has 87 heavy (non-hydrogen) atoms. The van der Waals surface area contributed by atoms with E-state index in [1.807, 2.05) is 42.5 Å². The van der Waals surface area contributed by atoms with Gasteiger partial charge in [-0.1, -0.05) is 121 Å². The third-order valence-corrected chi connectivity index (χ3v) is 73.1. The molecule has 0 N–H and O–H groups in total. The Balaban J connectivity index is 1.43. The molecule has 15 nitrogen and oxygen atoms in total. The molecule has 492 valence electrons. The lowest BCUT2D eigenvalue weighted by Crippen LogP contribution is -2.67. The van der Waals surface area contributed by atoms with Crippen molar-refractivity contribution in [2.75, 3.05) is 5.75 Å². The van der Waals surface area contributed by atoms with Gasteiger partial charge < -0.3 is 61.5 Å². The average Bonchev–Trinajstić information content (AvgIpc) is 0.885. The van der Waals surface area contributed by atoms with Crippen molar-refractivity contribution in [2.24, 2.45) is 0 Å². The summed E-state index contributed by atoms with van der Waals surface area (Å²) in [4.78, 5) is 0. The summed E-state index contributed by atoms with van der Waals surface area (Å²) in [6, 6.07) is 42.6. The largest absolute Gasteiger partial charge is 0.436 e. The van der Waals surface area contributed by atoms with E-state index in [0.717, 1.165) is 35.0 Å². The summed E-state index contributed by atoms with van der Waals surface area (Å²) in [6.45, 7) is 58.9. The SMILES string of the molecule is C[Si](C)(CCc1ccccc1)O[Si](C)(C)O[Si](C)(C)O[Si](C)(C)O[Si](C)(C)O[Si](C)(C)O[Si](C)(C)O[Si](C)(C)O[Si](C)(C)O[Si](C)(O[Si](C)(C)O[Si](C)(C)O[Si](C)(O[Si](C)(C)O[Si](C)(C)OSCCc1ccccc1)c1ccccc1)c1ccccc1. The highest BCUT2D eigenvalue weighted by molar-refractivity contribution is 7.95. The van der Waals surface area contributed by atoms with Crippen LogP contribution in [0.3, 0.4) is 0 Å². The summed E-state index contributed by atoms with van der Waals surface area (Å²) >= 11 is 1.47. The normalized spacial score (nSPS) is 15.8. The Morgan fingerprint density at radius 1 is 0.241 bits per heavy atom. The lowest BCUT2D eigenvalue weighted by molar-refractivity contribution is 0.252. The third kappa shape index (κ3) is 30.0. The van der Waals surface area contributed by atoms with Crippen LogP contribution in [0.5, 0.6) is 0 Å². The second-order valence-corrected chi connectivity index (χ2v) is 84.0. The van der Waals surface area contributed by atoms with Crippen LogP contribution in [-0.4, -0.2) is 134 Å². The minimum Gasteiger partial charge on any atom is -0.436 e. The van der Waals surface area contributed by atoms with E-state index < -0.39 is 128 Å². The lowest BCUT2D eigenvalue weighted by atomic mass is 10.2. The van der Waals surface area contributed by atoms with Crippen LogP contribution in [0.15, 0.2) is 121 Å². The monoisotopic (exact) mass is 1480 g/mol. The van der Waals surface area contributed by atoms with Crippen LogP contribution < -0.4 is 10.4 Å². The fourth-order valence-corrected chi connectivity index (χ4v) is 89.0. The first-order valence-electron chi connectivity index (χ1n) is 30.6. The smallest absolute Gasteiger partial charge is 0.351 e. The molecular formula is C56H112O15SSi15. The predicted octanol–water partition coefficient (Wildman–Crippen LogP) is 16.0. The average molecular weight is 1480 g/mol. The van der Waals surface area contributed by atoms with Gasteiger partial charge in [0, 0.05) is 5.75 Å². The van der Waals surface area contributed by atoms with Crippen LogP contribution in [0.1, 0.15) is 11.1 Å². The molecule has 0 spiro atoms. The van der Waals surface area contributed by atoms with Gasteiger partial charge in [-0.2, -0.15) is 0 Å². The van der Waals surface area contributed by atoms with Gasteiger partial charge in [-0.05, 0) is 236 Å². The van der Waals surface area contributed by atoms with Crippen molar-refractivity contribution in [3.05, 3.63) is 132 Å². The molecule has 0 saturated heterocycles. The number of hydrogen-bond donors (Lipinski definition) is 0. The summed E-state index contributed by atoms with van der Waals surface area (Å²) in [6.07, 6.45) is 1.91. The molecule has 0 bridgehead atoms. The van der Waals surface area contributed by atoms with Gasteiger partial charge in [-0.15, -0.1) is 0 Å². The van der Waals surface area contributed by atoms with Crippen LogP contribution in [0.4, 0.5) is 0 Å². The zero-order valence-electron chi connectivity index (χ0n) is 58.4. The first-order valence-corrected chi connectivity index (χ1v) is 73.0. The van der Waals surface area contributed by atoms with Crippen molar-refractivity contribution < 1.29 is 61.5 Å². The van der Waals surface area contributed by atoms with Crippen molar-refractivity contribution in [1.29, 1.82) is 0 Å². The number of rotatable bonds is 38. The maximum atomic E-state index is 7.41. The van der Waals surface area contributed by atoms with E-state index in [9.17, 15) is 0 Å². The zero-order chi connectivity index (χ0) is 66.1. The van der Waals surface area contributed by atoms with Crippen LogP contribution in [0.2, 0.25) is 189 Å². The molecule has 2 atom stereocenters. The highest BCUT2D eigenvalue weighted by Crippen LogP contribution is 2.34. The van der Waals surface area contributed by atoms with Crippen molar-refractivity contribution in [1.82, 2.24) is 0 Å². The summed E-state index contributed by atoms with van der Waals surface area (Å²) in [5.74, 6) is 0.828. The second kappa shape index (κ2) is 30.7. The highest BCUT2D eigenvalue weighted by atomic mass is 32.2. The van der Waals surface area contributed by atoms with Crippen molar-refractivity contribution in [3.63, 3.8) is 0 Å². The molecule has 0 aliphatic heterocycles. The van der Waals surface area contributed by atoms with Crippen LogP contribution in [0.25, 0.3) is 0 Å². The van der Waals surface area contributed by atoms with Gasteiger partial charge in [0.2, 0.25) is 0 Å². The molecule has 0 amide bonds. The molecule has 0 aliphatic rings. The molecule has 0 aromatic heterocycles. The maximum Gasteiger partial charge on any atom is 0.351 e. The van der Waals surface area contributed by atoms with Crippen LogP contribution in [-0.2, 0) is 74.3 Å². The summed E-state index contributed by atoms with van der Waals surface area (Å²) < 4.78 is 106. The standard InChI is InChI=1S/C56H112O15SSi15/c1-73(2,52-50-54-43-35-30-36-44-54)58-75(5,6)60-76(7,8)61-77(9,10)62-78(11,12)63-79(13,14)64-80(15,16)65-81(17,18)66-83(21,22)69-87(28,56-47-39-32-40-48-56)71-85(25,26)67-84(23,24)70-86(27,55-45-37-31-38-46-55)68-82(19,20)59-74(3,4)57-72-51-49-53-41-33-29-34-42-53/h29-48H,49-52H2,1-28H3. The summed E-state index contributed by atoms with van der Waals surface area (Å²) in [5, 5.41) is 1.98. The Kier molecular flexibility index (Phi) is 28.0. The Bertz CT molecular complexity index is 2740. The highest BCUT2D eigenvalue weighted by Gasteiger charge is 2.55. The Morgan fingerprint density at radius 3 is 0.736 bits per heavy atom. The van der Waals surface area contributed by atoms with Crippen molar-refractivity contribution >= 4 is 151 Å². The van der Waals surface area contributed by atoms with E-state index >= 15 is 0 Å². The van der Waals surface area contributed by atoms with E-state index in [1.165, 1.54) is 23.2 Å². The molecule has 4 aromatic carbocycles. The van der Waals surface area contributed by atoms with Gasteiger partial charge in [0.15, 0.2) is 8.32 Å². The first kappa shape index (κ1) is 79.3. The maximum absolute atomic E-state index is 7.41. The molecular weight excluding hydrogens is 1370 g/mol. The first-order chi connectivity index (χ1) is 39.3. The number of hydrogen-bond acceptors (Lipinski definition) is 16. The molecule has 0 fully saturated rings. The zero-order valence-corrected chi connectivity index (χ0v) is 74.2. The van der Waals surface area contributed by atoms with E-state index in [-0.39, 0.29) is 0 Å². The fraction of sp³-hybridized carbons (Fsp3) is 0.571. The Morgan fingerprint density at radius 2 is 0.460 bits per heavy atom. The molecule has 4 aromatic rings. The number of aryl methyl sites for hydroxylation is 2. The van der Waals surface area contributed by atoms with Gasteiger partial charge in [-0.3, -0.25) is 0 Å². The molecule has 0 saturated carbocycles. The van der Waals surface area contributed by atoms with Gasteiger partial charge >= 0.3 is 120 Å². The number of benzene rings is 4. The summed E-state index contributed by atoms with van der Waals surface area (Å²) in [7, 11) is -42.9. The molecule has 0 heterocycles. The minimum absolute atomic E-state index is 0.828. The summed E-state index contributed by atoms with van der Waals surface area (Å²) in [5.41, 5.74) is 2.61. The molecule has 0 aliphatic carbocycles. The van der Waals surface area contributed by atoms with Crippen molar-refractivity contribution in [2.45, 2.75) is 202 Å². The lowest BCUT2D eigenvalue weighted by Gasteiger charge is -2.46. The third-order valence-electron chi connectivity index (χ3n) is 12.7. The fourth-order valence-electron chi connectivity index (χ4n) is 12.0. The molecule has 0 radical (unpaired) electrons. The van der Waals surface area contributed by atoms with E-state index in [2.05, 4.69) is 262 Å². The van der Waals surface area contributed by atoms with Crippen LogP contribution >= 0.6 is 12.0 Å². The van der Waals surface area contributed by atoms with E-state index in [4.69, 9.17) is 61.5 Å². The quantitative estimate of drug-likeness (QED) is 0.0239. The Hall–Kier alpha value is -0.117. The second-order valence-electron chi connectivity index (χ2n) is 28.7. The topological polar surface area (TPSA) is 138 Å². The van der Waals surface area contributed by atoms with E-state index in [1.54, 1.807) is 0 Å². The van der Waals surface area contributed by atoms with Gasteiger partial charge in [0.25, 0.3) is 0 Å². The Labute approximate surface area is 548 Å². The molecule has 4 rings (SSSR count).